The van der Waals surface area contributed by atoms with Gasteiger partial charge in [0.05, 0.1) is 5.69 Å². The highest BCUT2D eigenvalue weighted by Gasteiger charge is 2.02. The third-order valence-corrected chi connectivity index (χ3v) is 1.82. The second-order valence-electron chi connectivity index (χ2n) is 3.45. The number of hydrogen-bond donors (Lipinski definition) is 0. The minimum Gasteiger partial charge on any atom is -0.258 e. The summed E-state index contributed by atoms with van der Waals surface area (Å²) in [6, 6.07) is 3.30. The van der Waals surface area contributed by atoms with Crippen LogP contribution in [0.2, 0.25) is 0 Å². The summed E-state index contributed by atoms with van der Waals surface area (Å²) in [4.78, 5) is 4.31. The Labute approximate surface area is 78.3 Å². The van der Waals surface area contributed by atoms with E-state index in [-0.39, 0.29) is 5.82 Å². The number of rotatable bonds is 1. The van der Waals surface area contributed by atoms with E-state index in [0.717, 1.165) is 17.0 Å². The first kappa shape index (κ1) is 9.90. The zero-order valence-electron chi connectivity index (χ0n) is 8.48. The van der Waals surface area contributed by atoms with Gasteiger partial charge in [-0.15, -0.1) is 0 Å². The lowest BCUT2D eigenvalue weighted by atomic mass is 10.1. The number of aliphatic imine (C=N–C) groups is 1. The van der Waals surface area contributed by atoms with Crippen molar-refractivity contribution in [3.63, 3.8) is 0 Å². The van der Waals surface area contributed by atoms with Gasteiger partial charge in [0.2, 0.25) is 0 Å². The molecule has 1 rings (SSSR count). The van der Waals surface area contributed by atoms with E-state index in [4.69, 9.17) is 0 Å². The quantitative estimate of drug-likeness (QED) is 0.584. The topological polar surface area (TPSA) is 12.4 Å². The molecule has 0 N–H and O–H groups in total. The molecule has 0 aliphatic heterocycles. The van der Waals surface area contributed by atoms with Crippen LogP contribution in [0.1, 0.15) is 25.0 Å². The van der Waals surface area contributed by atoms with Gasteiger partial charge in [0.15, 0.2) is 0 Å². The van der Waals surface area contributed by atoms with Crippen LogP contribution in [0, 0.1) is 19.7 Å². The van der Waals surface area contributed by atoms with Crippen LogP contribution in [-0.4, -0.2) is 5.71 Å². The van der Waals surface area contributed by atoms with Crippen LogP contribution in [0.25, 0.3) is 0 Å². The fourth-order valence-corrected chi connectivity index (χ4v) is 1.13. The lowest BCUT2D eigenvalue weighted by molar-refractivity contribution is 0.617. The number of halogens is 1. The summed E-state index contributed by atoms with van der Waals surface area (Å²) in [5.74, 6) is -0.162. The predicted molar refractivity (Wildman–Crippen MR) is 54.3 cm³/mol. The van der Waals surface area contributed by atoms with Crippen molar-refractivity contribution < 1.29 is 4.39 Å². The number of benzene rings is 1. The maximum Gasteiger partial charge on any atom is 0.126 e. The lowest BCUT2D eigenvalue weighted by Crippen LogP contribution is -1.86. The fraction of sp³-hybridized carbons (Fsp3) is 0.364. The van der Waals surface area contributed by atoms with Crippen LogP contribution >= 0.6 is 0 Å². The molecule has 0 unspecified atom stereocenters. The standard InChI is InChI=1S/C11H14FN/c1-7(2)13-11-6-8(3)10(12)5-9(11)4/h5-6H,1-4H3. The van der Waals surface area contributed by atoms with Crippen LogP contribution in [0.15, 0.2) is 17.1 Å². The van der Waals surface area contributed by atoms with Gasteiger partial charge in [-0.1, -0.05) is 0 Å². The zero-order chi connectivity index (χ0) is 10.0. The normalized spacial score (nSPS) is 9.92. The van der Waals surface area contributed by atoms with Crippen LogP contribution in [0.3, 0.4) is 0 Å². The van der Waals surface area contributed by atoms with Crippen molar-refractivity contribution in [1.29, 1.82) is 0 Å². The van der Waals surface area contributed by atoms with Gasteiger partial charge in [0.1, 0.15) is 5.82 Å². The van der Waals surface area contributed by atoms with Gasteiger partial charge >= 0.3 is 0 Å². The van der Waals surface area contributed by atoms with Crippen molar-refractivity contribution in [2.24, 2.45) is 4.99 Å². The summed E-state index contributed by atoms with van der Waals surface area (Å²) in [6.07, 6.45) is 0. The van der Waals surface area contributed by atoms with Gasteiger partial charge in [-0.25, -0.2) is 4.39 Å². The molecule has 0 saturated heterocycles. The number of hydrogen-bond acceptors (Lipinski definition) is 1. The van der Waals surface area contributed by atoms with E-state index in [0.29, 0.717) is 5.56 Å². The van der Waals surface area contributed by atoms with Crippen LogP contribution in [0.5, 0.6) is 0 Å². The van der Waals surface area contributed by atoms with E-state index in [1.54, 1.807) is 13.0 Å². The third-order valence-electron chi connectivity index (χ3n) is 1.82. The molecule has 0 fully saturated rings. The molecule has 0 heterocycles. The molecule has 0 bridgehead atoms. The fourth-order valence-electron chi connectivity index (χ4n) is 1.13. The van der Waals surface area contributed by atoms with E-state index < -0.39 is 0 Å². The Kier molecular flexibility index (Phi) is 2.81. The molecule has 2 heteroatoms. The minimum atomic E-state index is -0.162. The van der Waals surface area contributed by atoms with Crippen molar-refractivity contribution >= 4 is 11.4 Å². The molecule has 1 aromatic carbocycles. The second kappa shape index (κ2) is 3.69. The highest BCUT2D eigenvalue weighted by molar-refractivity contribution is 5.82. The summed E-state index contributed by atoms with van der Waals surface area (Å²) in [5.41, 5.74) is 3.36. The Morgan fingerprint density at radius 2 is 1.77 bits per heavy atom. The first-order chi connectivity index (χ1) is 6.00. The zero-order valence-corrected chi connectivity index (χ0v) is 8.48. The van der Waals surface area contributed by atoms with Gasteiger partial charge in [-0.2, -0.15) is 0 Å². The molecule has 1 aromatic rings. The Balaban J connectivity index is 3.24. The van der Waals surface area contributed by atoms with E-state index in [9.17, 15) is 4.39 Å². The first-order valence-corrected chi connectivity index (χ1v) is 4.29. The SMILES string of the molecule is CC(C)=Nc1cc(C)c(F)cc1C. The third kappa shape index (κ3) is 2.38. The lowest BCUT2D eigenvalue weighted by Gasteiger charge is -2.03. The summed E-state index contributed by atoms with van der Waals surface area (Å²) in [7, 11) is 0. The average molecular weight is 179 g/mol. The Bertz CT molecular complexity index is 349. The first-order valence-electron chi connectivity index (χ1n) is 4.29. The number of aryl methyl sites for hydroxylation is 2. The molecule has 0 saturated carbocycles. The molecule has 0 spiro atoms. The summed E-state index contributed by atoms with van der Waals surface area (Å²) in [5, 5.41) is 0. The van der Waals surface area contributed by atoms with Gasteiger partial charge < -0.3 is 0 Å². The summed E-state index contributed by atoms with van der Waals surface area (Å²) < 4.78 is 13.0. The molecule has 13 heavy (non-hydrogen) atoms. The van der Waals surface area contributed by atoms with Crippen LogP contribution in [0.4, 0.5) is 10.1 Å². The molecule has 1 nitrogen and oxygen atoms in total. The highest BCUT2D eigenvalue weighted by Crippen LogP contribution is 2.22. The van der Waals surface area contributed by atoms with Gasteiger partial charge in [0, 0.05) is 5.71 Å². The van der Waals surface area contributed by atoms with Crippen molar-refractivity contribution in [3.8, 4) is 0 Å². The van der Waals surface area contributed by atoms with E-state index in [2.05, 4.69) is 4.99 Å². The number of nitrogens with zero attached hydrogens (tertiary/aromatic N) is 1. The van der Waals surface area contributed by atoms with Crippen molar-refractivity contribution in [2.45, 2.75) is 27.7 Å². The predicted octanol–water partition coefficient (Wildman–Crippen LogP) is 3.55. The average Bonchev–Trinajstić information content (AvgIpc) is 1.99. The van der Waals surface area contributed by atoms with Gasteiger partial charge in [-0.05, 0) is 51.0 Å². The van der Waals surface area contributed by atoms with Crippen molar-refractivity contribution in [1.82, 2.24) is 0 Å². The molecule has 70 valence electrons. The Morgan fingerprint density at radius 3 is 2.31 bits per heavy atom. The van der Waals surface area contributed by atoms with Crippen molar-refractivity contribution in [3.05, 3.63) is 29.1 Å². The maximum absolute atomic E-state index is 13.0. The van der Waals surface area contributed by atoms with E-state index >= 15 is 0 Å². The largest absolute Gasteiger partial charge is 0.258 e. The molecular weight excluding hydrogens is 165 g/mol. The smallest absolute Gasteiger partial charge is 0.126 e. The summed E-state index contributed by atoms with van der Waals surface area (Å²) in [6.45, 7) is 7.47. The van der Waals surface area contributed by atoms with E-state index in [1.807, 2.05) is 20.8 Å². The molecular formula is C11H14FN. The minimum absolute atomic E-state index is 0.162. The highest BCUT2D eigenvalue weighted by atomic mass is 19.1. The molecule has 0 aliphatic carbocycles. The molecule has 0 aliphatic rings. The van der Waals surface area contributed by atoms with Crippen molar-refractivity contribution in [2.75, 3.05) is 0 Å². The Hall–Kier alpha value is -1.18. The molecule has 0 atom stereocenters. The second-order valence-corrected chi connectivity index (χ2v) is 3.45. The van der Waals surface area contributed by atoms with Crippen LogP contribution in [-0.2, 0) is 0 Å². The maximum atomic E-state index is 13.0. The molecule has 0 radical (unpaired) electrons. The molecule has 0 aromatic heterocycles. The Morgan fingerprint density at radius 1 is 1.15 bits per heavy atom. The summed E-state index contributed by atoms with van der Waals surface area (Å²) >= 11 is 0. The molecule has 0 amide bonds. The van der Waals surface area contributed by atoms with E-state index in [1.165, 1.54) is 6.07 Å². The monoisotopic (exact) mass is 179 g/mol. The van der Waals surface area contributed by atoms with Gasteiger partial charge in [0.25, 0.3) is 0 Å². The van der Waals surface area contributed by atoms with Crippen LogP contribution < -0.4 is 0 Å². The van der Waals surface area contributed by atoms with Gasteiger partial charge in [-0.3, -0.25) is 4.99 Å².